The van der Waals surface area contributed by atoms with E-state index in [0.717, 1.165) is 11.2 Å². The summed E-state index contributed by atoms with van der Waals surface area (Å²) in [5.41, 5.74) is 1.62. The minimum atomic E-state index is 0.513. The van der Waals surface area contributed by atoms with Gasteiger partial charge >= 0.3 is 0 Å². The van der Waals surface area contributed by atoms with Crippen molar-refractivity contribution >= 4 is 22.8 Å². The van der Waals surface area contributed by atoms with Gasteiger partial charge in [0.2, 0.25) is 0 Å². The molecule has 2 aromatic rings. The first kappa shape index (κ1) is 7.26. The van der Waals surface area contributed by atoms with Gasteiger partial charge in [0, 0.05) is 6.20 Å². The highest BCUT2D eigenvalue weighted by Gasteiger charge is 2.26. The number of nitrogens with zero attached hydrogens (tertiary/aromatic N) is 4. The summed E-state index contributed by atoms with van der Waals surface area (Å²) in [6.45, 7) is 0. The van der Waals surface area contributed by atoms with Gasteiger partial charge in [0.1, 0.15) is 5.52 Å². The number of hydrogen-bond donors (Lipinski definition) is 0. The smallest absolute Gasteiger partial charge is 0.178 e. The molecule has 0 aliphatic heterocycles. The summed E-state index contributed by atoms with van der Waals surface area (Å²) in [5, 5.41) is 8.66. The van der Waals surface area contributed by atoms with E-state index in [1.807, 2.05) is 4.68 Å². The average molecular weight is 195 g/mol. The third-order valence-corrected chi connectivity index (χ3v) is 2.38. The van der Waals surface area contributed by atoms with Crippen LogP contribution in [0.4, 0.5) is 0 Å². The summed E-state index contributed by atoms with van der Waals surface area (Å²) in [6.07, 6.45) is 4.00. The fourth-order valence-corrected chi connectivity index (χ4v) is 1.53. The van der Waals surface area contributed by atoms with E-state index >= 15 is 0 Å². The summed E-state index contributed by atoms with van der Waals surface area (Å²) < 4.78 is 1.88. The molecule has 0 N–H and O–H groups in total. The van der Waals surface area contributed by atoms with Gasteiger partial charge in [-0.05, 0) is 18.9 Å². The highest BCUT2D eigenvalue weighted by atomic mass is 35.5. The van der Waals surface area contributed by atoms with Crippen LogP contribution < -0.4 is 0 Å². The fraction of sp³-hybridized carbons (Fsp3) is 0.375. The molecular weight excluding hydrogens is 188 g/mol. The van der Waals surface area contributed by atoms with Crippen molar-refractivity contribution in [2.45, 2.75) is 18.9 Å². The first-order valence-corrected chi connectivity index (χ1v) is 4.59. The second-order valence-electron chi connectivity index (χ2n) is 3.26. The monoisotopic (exact) mass is 194 g/mol. The second-order valence-corrected chi connectivity index (χ2v) is 3.70. The van der Waals surface area contributed by atoms with Gasteiger partial charge < -0.3 is 0 Å². The number of hydrogen-bond acceptors (Lipinski definition) is 3. The molecule has 1 fully saturated rings. The van der Waals surface area contributed by atoms with Gasteiger partial charge in [-0.1, -0.05) is 16.8 Å². The van der Waals surface area contributed by atoms with Gasteiger partial charge in [0.05, 0.1) is 11.1 Å². The van der Waals surface area contributed by atoms with E-state index < -0.39 is 0 Å². The lowest BCUT2D eigenvalue weighted by atomic mass is 10.4. The first-order valence-electron chi connectivity index (χ1n) is 4.21. The summed E-state index contributed by atoms with van der Waals surface area (Å²) in [6, 6.07) is 2.30. The molecule has 5 heteroatoms. The molecular formula is C8H7ClN4. The maximum Gasteiger partial charge on any atom is 0.178 e. The normalized spacial score (nSPS) is 16.7. The Hall–Kier alpha value is -1.16. The Bertz CT molecular complexity index is 460. The van der Waals surface area contributed by atoms with Crippen molar-refractivity contribution in [2.75, 3.05) is 0 Å². The van der Waals surface area contributed by atoms with Crippen LogP contribution in [0.2, 0.25) is 5.02 Å². The zero-order valence-electron chi connectivity index (χ0n) is 6.81. The Balaban J connectivity index is 2.26. The topological polar surface area (TPSA) is 43.6 Å². The summed E-state index contributed by atoms with van der Waals surface area (Å²) >= 11 is 5.78. The summed E-state index contributed by atoms with van der Waals surface area (Å²) in [7, 11) is 0. The average Bonchev–Trinajstić information content (AvgIpc) is 2.87. The van der Waals surface area contributed by atoms with Crippen LogP contribution in [0.15, 0.2) is 12.3 Å². The molecule has 1 saturated carbocycles. The van der Waals surface area contributed by atoms with Crippen molar-refractivity contribution in [3.05, 3.63) is 17.3 Å². The molecule has 1 aliphatic rings. The lowest BCUT2D eigenvalue weighted by molar-refractivity contribution is 0.625. The quantitative estimate of drug-likeness (QED) is 0.696. The molecule has 3 rings (SSSR count). The van der Waals surface area contributed by atoms with Gasteiger partial charge in [-0.2, -0.15) is 0 Å². The number of halogens is 1. The van der Waals surface area contributed by atoms with Crippen molar-refractivity contribution in [2.24, 2.45) is 0 Å². The van der Waals surface area contributed by atoms with Crippen molar-refractivity contribution < 1.29 is 0 Å². The molecule has 0 saturated heterocycles. The molecule has 0 bridgehead atoms. The van der Waals surface area contributed by atoms with Crippen LogP contribution in [-0.4, -0.2) is 20.0 Å². The minimum Gasteiger partial charge on any atom is -0.234 e. The third kappa shape index (κ3) is 1.09. The summed E-state index contributed by atoms with van der Waals surface area (Å²) in [4.78, 5) is 4.21. The van der Waals surface area contributed by atoms with Gasteiger partial charge in [-0.15, -0.1) is 5.10 Å². The Morgan fingerprint density at radius 2 is 2.31 bits per heavy atom. The van der Waals surface area contributed by atoms with Gasteiger partial charge in [-0.3, -0.25) is 0 Å². The van der Waals surface area contributed by atoms with E-state index in [9.17, 15) is 0 Å². The number of aromatic nitrogens is 4. The van der Waals surface area contributed by atoms with E-state index in [0.29, 0.717) is 11.1 Å². The van der Waals surface area contributed by atoms with Gasteiger partial charge in [0.25, 0.3) is 0 Å². The Labute approximate surface area is 79.5 Å². The Morgan fingerprint density at radius 1 is 1.46 bits per heavy atom. The van der Waals surface area contributed by atoms with Crippen LogP contribution in [0.3, 0.4) is 0 Å². The van der Waals surface area contributed by atoms with Crippen LogP contribution in [0.1, 0.15) is 18.9 Å². The van der Waals surface area contributed by atoms with Crippen molar-refractivity contribution in [1.82, 2.24) is 20.0 Å². The lowest BCUT2D eigenvalue weighted by Gasteiger charge is -1.95. The molecule has 0 atom stereocenters. The van der Waals surface area contributed by atoms with E-state index in [2.05, 4.69) is 15.3 Å². The second kappa shape index (κ2) is 2.42. The predicted molar refractivity (Wildman–Crippen MR) is 48.6 cm³/mol. The van der Waals surface area contributed by atoms with Crippen LogP contribution in [-0.2, 0) is 0 Å². The molecule has 4 nitrogen and oxygen atoms in total. The molecule has 1 aliphatic carbocycles. The summed E-state index contributed by atoms with van der Waals surface area (Å²) in [5.74, 6) is 0. The molecule has 13 heavy (non-hydrogen) atoms. The van der Waals surface area contributed by atoms with Crippen molar-refractivity contribution in [1.29, 1.82) is 0 Å². The largest absolute Gasteiger partial charge is 0.234 e. The minimum absolute atomic E-state index is 0.513. The zero-order chi connectivity index (χ0) is 8.84. The molecule has 66 valence electrons. The predicted octanol–water partition coefficient (Wildman–Crippen LogP) is 1.81. The van der Waals surface area contributed by atoms with E-state index in [1.165, 1.54) is 12.8 Å². The van der Waals surface area contributed by atoms with Crippen LogP contribution in [0.5, 0.6) is 0 Å². The lowest BCUT2D eigenvalue weighted by Crippen LogP contribution is -1.96. The maximum atomic E-state index is 5.78. The maximum absolute atomic E-state index is 5.78. The molecule has 0 amide bonds. The molecule has 2 heterocycles. The fourth-order valence-electron chi connectivity index (χ4n) is 1.38. The number of fused-ring (bicyclic) bond motifs is 1. The highest BCUT2D eigenvalue weighted by Crippen LogP contribution is 2.35. The number of rotatable bonds is 1. The number of pyridine rings is 1. The first-order chi connectivity index (χ1) is 6.34. The Morgan fingerprint density at radius 3 is 3.08 bits per heavy atom. The third-order valence-electron chi connectivity index (χ3n) is 2.17. The van der Waals surface area contributed by atoms with E-state index in [1.54, 1.807) is 12.3 Å². The molecule has 2 aromatic heterocycles. The van der Waals surface area contributed by atoms with Crippen molar-refractivity contribution in [3.63, 3.8) is 0 Å². The van der Waals surface area contributed by atoms with E-state index in [4.69, 9.17) is 11.6 Å². The van der Waals surface area contributed by atoms with Crippen LogP contribution >= 0.6 is 11.6 Å². The van der Waals surface area contributed by atoms with Crippen LogP contribution in [0, 0.1) is 0 Å². The molecule has 0 radical (unpaired) electrons. The molecule has 0 unspecified atom stereocenters. The highest BCUT2D eigenvalue weighted by molar-refractivity contribution is 6.30. The van der Waals surface area contributed by atoms with Crippen molar-refractivity contribution in [3.8, 4) is 0 Å². The van der Waals surface area contributed by atoms with Gasteiger partial charge in [0.15, 0.2) is 5.65 Å². The van der Waals surface area contributed by atoms with Crippen LogP contribution in [0.25, 0.3) is 11.2 Å². The SMILES string of the molecule is Clc1cnc2c(c1)nnn2C1CC1. The zero-order valence-corrected chi connectivity index (χ0v) is 7.57. The molecule has 0 aromatic carbocycles. The van der Waals surface area contributed by atoms with E-state index in [-0.39, 0.29) is 0 Å². The molecule has 0 spiro atoms. The Kier molecular flexibility index (Phi) is 1.35. The van der Waals surface area contributed by atoms with Gasteiger partial charge in [-0.25, -0.2) is 9.67 Å². The standard InChI is InChI=1S/C8H7ClN4/c9-5-3-7-8(10-4-5)13(12-11-7)6-1-2-6/h3-4,6H,1-2H2.